The van der Waals surface area contributed by atoms with Gasteiger partial charge in [-0.3, -0.25) is 9.69 Å². The van der Waals surface area contributed by atoms with E-state index >= 15 is 0 Å². The number of hydrogen-bond donors (Lipinski definition) is 1. The summed E-state index contributed by atoms with van der Waals surface area (Å²) < 4.78 is 37.1. The van der Waals surface area contributed by atoms with Crippen LogP contribution in [0.25, 0.3) is 0 Å². The van der Waals surface area contributed by atoms with Crippen molar-refractivity contribution in [3.05, 3.63) is 0 Å². The molecule has 2 atom stereocenters. The Bertz CT molecular complexity index is 299. The number of hydrogen-bond acceptors (Lipinski definition) is 3. The number of nitriles is 1. The third-order valence-corrected chi connectivity index (χ3v) is 2.47. The van der Waals surface area contributed by atoms with Crippen molar-refractivity contribution in [3.63, 3.8) is 0 Å². The van der Waals surface area contributed by atoms with Gasteiger partial charge < -0.3 is 5.11 Å². The van der Waals surface area contributed by atoms with Crippen molar-refractivity contribution < 1.29 is 23.1 Å². The van der Waals surface area contributed by atoms with Crippen LogP contribution in [0.15, 0.2) is 0 Å². The molecule has 4 nitrogen and oxygen atoms in total. The zero-order chi connectivity index (χ0) is 13.6. The number of carboxylic acid groups (broad SMARTS) is 1. The standard InChI is InChI=1S/C10H15F3N2O2/c1-3-15(7(2)4-9(16)17)6-8(5-14)10(11,12)13/h7-8H,3-4,6H2,1-2H3,(H,16,17). The Balaban J connectivity index is 4.59. The van der Waals surface area contributed by atoms with E-state index in [0.29, 0.717) is 0 Å². The van der Waals surface area contributed by atoms with Crippen molar-refractivity contribution in [1.29, 1.82) is 5.26 Å². The average Bonchev–Trinajstić information content (AvgIpc) is 2.15. The lowest BCUT2D eigenvalue weighted by molar-refractivity contribution is -0.164. The first-order valence-electron chi connectivity index (χ1n) is 5.14. The lowest BCUT2D eigenvalue weighted by Gasteiger charge is -2.29. The van der Waals surface area contributed by atoms with Gasteiger partial charge >= 0.3 is 12.1 Å². The summed E-state index contributed by atoms with van der Waals surface area (Å²) in [6, 6.07) is 0.669. The molecule has 0 aromatic heterocycles. The molecule has 0 bridgehead atoms. The molecule has 0 saturated carbocycles. The van der Waals surface area contributed by atoms with E-state index in [-0.39, 0.29) is 13.0 Å². The fourth-order valence-corrected chi connectivity index (χ4v) is 1.45. The Morgan fingerprint density at radius 2 is 2.06 bits per heavy atom. The summed E-state index contributed by atoms with van der Waals surface area (Å²) in [5.41, 5.74) is 0. The first-order valence-corrected chi connectivity index (χ1v) is 5.14. The molecule has 2 unspecified atom stereocenters. The molecule has 0 rings (SSSR count). The highest BCUT2D eigenvalue weighted by atomic mass is 19.4. The van der Waals surface area contributed by atoms with Crippen molar-refractivity contribution in [1.82, 2.24) is 4.90 Å². The van der Waals surface area contributed by atoms with Crippen LogP contribution >= 0.6 is 0 Å². The van der Waals surface area contributed by atoms with E-state index in [9.17, 15) is 18.0 Å². The molecule has 0 aliphatic rings. The fraction of sp³-hybridized carbons (Fsp3) is 0.800. The van der Waals surface area contributed by atoms with Crippen LogP contribution in [0.5, 0.6) is 0 Å². The predicted octanol–water partition coefficient (Wildman–Crippen LogP) is 1.87. The van der Waals surface area contributed by atoms with E-state index in [4.69, 9.17) is 10.4 Å². The Morgan fingerprint density at radius 3 is 2.35 bits per heavy atom. The molecular weight excluding hydrogens is 237 g/mol. The van der Waals surface area contributed by atoms with Gasteiger partial charge in [0.15, 0.2) is 5.92 Å². The molecule has 1 N–H and O–H groups in total. The maximum atomic E-state index is 12.4. The molecule has 98 valence electrons. The zero-order valence-corrected chi connectivity index (χ0v) is 9.66. The summed E-state index contributed by atoms with van der Waals surface area (Å²) in [5, 5.41) is 17.0. The van der Waals surface area contributed by atoms with Crippen LogP contribution in [0.3, 0.4) is 0 Å². The number of carboxylic acids is 1. The van der Waals surface area contributed by atoms with Gasteiger partial charge in [-0.1, -0.05) is 6.92 Å². The number of nitrogens with zero attached hydrogens (tertiary/aromatic N) is 2. The van der Waals surface area contributed by atoms with E-state index in [1.165, 1.54) is 17.9 Å². The first kappa shape index (κ1) is 15.7. The average molecular weight is 252 g/mol. The summed E-state index contributed by atoms with van der Waals surface area (Å²) >= 11 is 0. The minimum atomic E-state index is -4.58. The van der Waals surface area contributed by atoms with Crippen LogP contribution in [-0.2, 0) is 4.79 Å². The second-order valence-corrected chi connectivity index (χ2v) is 3.76. The van der Waals surface area contributed by atoms with E-state index in [0.717, 1.165) is 0 Å². The molecule has 0 radical (unpaired) electrons. The van der Waals surface area contributed by atoms with Crippen LogP contribution in [0.2, 0.25) is 0 Å². The minimum absolute atomic E-state index is 0.246. The molecule has 0 heterocycles. The maximum Gasteiger partial charge on any atom is 0.405 e. The molecule has 0 aromatic rings. The van der Waals surface area contributed by atoms with Gasteiger partial charge in [0.05, 0.1) is 12.5 Å². The third-order valence-electron chi connectivity index (χ3n) is 2.47. The zero-order valence-electron chi connectivity index (χ0n) is 9.66. The monoisotopic (exact) mass is 252 g/mol. The number of alkyl halides is 3. The van der Waals surface area contributed by atoms with Gasteiger partial charge in [-0.15, -0.1) is 0 Å². The van der Waals surface area contributed by atoms with Gasteiger partial charge in [0.2, 0.25) is 0 Å². The van der Waals surface area contributed by atoms with Crippen molar-refractivity contribution in [3.8, 4) is 6.07 Å². The van der Waals surface area contributed by atoms with Gasteiger partial charge in [0, 0.05) is 12.6 Å². The molecule has 0 spiro atoms. The van der Waals surface area contributed by atoms with Crippen LogP contribution < -0.4 is 0 Å². The fourth-order valence-electron chi connectivity index (χ4n) is 1.45. The van der Waals surface area contributed by atoms with E-state index < -0.39 is 30.7 Å². The van der Waals surface area contributed by atoms with Crippen LogP contribution in [0.4, 0.5) is 13.2 Å². The third kappa shape index (κ3) is 5.54. The SMILES string of the molecule is CCN(CC(C#N)C(F)(F)F)C(C)CC(=O)O. The molecule has 0 aromatic carbocycles. The molecular formula is C10H15F3N2O2. The normalized spacial score (nSPS) is 15.4. The minimum Gasteiger partial charge on any atom is -0.481 e. The van der Waals surface area contributed by atoms with E-state index in [1.54, 1.807) is 6.92 Å². The van der Waals surface area contributed by atoms with Crippen LogP contribution in [0, 0.1) is 17.2 Å². The molecule has 0 fully saturated rings. The van der Waals surface area contributed by atoms with Crippen molar-refractivity contribution in [2.45, 2.75) is 32.5 Å². The molecule has 17 heavy (non-hydrogen) atoms. The quantitative estimate of drug-likeness (QED) is 0.783. The summed E-state index contributed by atoms with van der Waals surface area (Å²) in [6.45, 7) is 2.93. The van der Waals surface area contributed by atoms with E-state index in [1.807, 2.05) is 0 Å². The highest BCUT2D eigenvalue weighted by molar-refractivity contribution is 5.67. The number of aliphatic carboxylic acids is 1. The summed E-state index contributed by atoms with van der Waals surface area (Å²) in [7, 11) is 0. The molecule has 0 aliphatic carbocycles. The maximum absolute atomic E-state index is 12.4. The lowest BCUT2D eigenvalue weighted by Crippen LogP contribution is -2.41. The van der Waals surface area contributed by atoms with Gasteiger partial charge in [-0.05, 0) is 13.5 Å². The highest BCUT2D eigenvalue weighted by Crippen LogP contribution is 2.27. The number of rotatable bonds is 6. The molecule has 0 amide bonds. The Kier molecular flexibility index (Phi) is 5.96. The second-order valence-electron chi connectivity index (χ2n) is 3.76. The van der Waals surface area contributed by atoms with Gasteiger partial charge in [-0.25, -0.2) is 0 Å². The Hall–Kier alpha value is -1.29. The highest BCUT2D eigenvalue weighted by Gasteiger charge is 2.41. The molecule has 0 saturated heterocycles. The van der Waals surface area contributed by atoms with E-state index in [2.05, 4.69) is 0 Å². The summed E-state index contributed by atoms with van der Waals surface area (Å²) in [4.78, 5) is 11.8. The summed E-state index contributed by atoms with van der Waals surface area (Å²) in [5.74, 6) is -3.16. The Labute approximate surface area is 97.6 Å². The largest absolute Gasteiger partial charge is 0.481 e. The Morgan fingerprint density at radius 1 is 1.53 bits per heavy atom. The van der Waals surface area contributed by atoms with Crippen LogP contribution in [-0.4, -0.2) is 41.3 Å². The summed E-state index contributed by atoms with van der Waals surface area (Å²) in [6.07, 6.45) is -4.82. The smallest absolute Gasteiger partial charge is 0.405 e. The van der Waals surface area contributed by atoms with Crippen molar-refractivity contribution in [2.24, 2.45) is 5.92 Å². The van der Waals surface area contributed by atoms with Crippen molar-refractivity contribution >= 4 is 5.97 Å². The second kappa shape index (κ2) is 6.45. The van der Waals surface area contributed by atoms with Gasteiger partial charge in [0.1, 0.15) is 0 Å². The number of halogens is 3. The van der Waals surface area contributed by atoms with Crippen molar-refractivity contribution in [2.75, 3.05) is 13.1 Å². The molecule has 7 heteroatoms. The molecule has 0 aliphatic heterocycles. The van der Waals surface area contributed by atoms with Gasteiger partial charge in [-0.2, -0.15) is 18.4 Å². The topological polar surface area (TPSA) is 64.3 Å². The number of carbonyl (C=O) groups is 1. The van der Waals surface area contributed by atoms with Gasteiger partial charge in [0.25, 0.3) is 0 Å². The first-order chi connectivity index (χ1) is 7.72. The predicted molar refractivity (Wildman–Crippen MR) is 54.1 cm³/mol. The van der Waals surface area contributed by atoms with Crippen LogP contribution in [0.1, 0.15) is 20.3 Å². The lowest BCUT2D eigenvalue weighted by atomic mass is 10.1.